The zero-order valence-corrected chi connectivity index (χ0v) is 14.6. The van der Waals surface area contributed by atoms with E-state index in [1.807, 2.05) is 17.0 Å². The van der Waals surface area contributed by atoms with Gasteiger partial charge in [0.25, 0.3) is 5.91 Å². The molecule has 3 rings (SSSR count). The van der Waals surface area contributed by atoms with Crippen molar-refractivity contribution in [2.75, 3.05) is 31.6 Å². The number of nitrogens with one attached hydrogen (secondary N) is 2. The van der Waals surface area contributed by atoms with E-state index in [1.165, 1.54) is 0 Å². The maximum absolute atomic E-state index is 12.2. The largest absolute Gasteiger partial charge is 0.484 e. The molecule has 7 heteroatoms. The molecule has 1 aliphatic heterocycles. The van der Waals surface area contributed by atoms with Crippen LogP contribution in [0.25, 0.3) is 0 Å². The molecule has 1 aromatic carbocycles. The highest BCUT2D eigenvalue weighted by Gasteiger charge is 2.29. The number of carbonyl (C=O) groups is 2. The van der Waals surface area contributed by atoms with Gasteiger partial charge in [-0.1, -0.05) is 6.07 Å². The summed E-state index contributed by atoms with van der Waals surface area (Å²) < 4.78 is 5.59. The number of anilines is 1. The van der Waals surface area contributed by atoms with Crippen LogP contribution in [-0.4, -0.2) is 49.0 Å². The Labute approximate surface area is 148 Å². The highest BCUT2D eigenvalue weighted by molar-refractivity contribution is 5.94. The van der Waals surface area contributed by atoms with Crippen molar-refractivity contribution < 1.29 is 14.3 Å². The first-order valence-corrected chi connectivity index (χ1v) is 8.17. The van der Waals surface area contributed by atoms with Gasteiger partial charge in [0.15, 0.2) is 6.61 Å². The minimum atomic E-state index is -0.00855. The second-order valence-corrected chi connectivity index (χ2v) is 6.27. The SMILES string of the molecule is CC1CN(C(=O)COc2cccc(NC(=O)C3CC3)c2)CCN1.Cl. The predicted molar refractivity (Wildman–Crippen MR) is 94.6 cm³/mol. The first-order valence-electron chi connectivity index (χ1n) is 8.17. The Bertz CT molecular complexity index is 592. The van der Waals surface area contributed by atoms with Crippen molar-refractivity contribution in [3.63, 3.8) is 0 Å². The van der Waals surface area contributed by atoms with Crippen molar-refractivity contribution >= 4 is 29.9 Å². The van der Waals surface area contributed by atoms with Gasteiger partial charge >= 0.3 is 0 Å². The van der Waals surface area contributed by atoms with E-state index >= 15 is 0 Å². The Kier molecular flexibility index (Phi) is 6.45. The summed E-state index contributed by atoms with van der Waals surface area (Å²) in [5.74, 6) is 0.810. The normalized spacial score (nSPS) is 20.0. The standard InChI is InChI=1S/C17H23N3O3.ClH/c1-12-10-20(8-7-18-12)16(21)11-23-15-4-2-3-14(9-15)19-17(22)13-5-6-13;/h2-4,9,12-13,18H,5-8,10-11H2,1H3,(H,19,22);1H. The Balaban J connectivity index is 0.00000208. The first-order chi connectivity index (χ1) is 11.1. The molecule has 0 bridgehead atoms. The van der Waals surface area contributed by atoms with Crippen LogP contribution in [-0.2, 0) is 9.59 Å². The van der Waals surface area contributed by atoms with Crippen molar-refractivity contribution in [3.05, 3.63) is 24.3 Å². The zero-order chi connectivity index (χ0) is 16.2. The Morgan fingerprint density at radius 1 is 1.38 bits per heavy atom. The van der Waals surface area contributed by atoms with Crippen molar-refractivity contribution in [1.29, 1.82) is 0 Å². The number of amides is 2. The van der Waals surface area contributed by atoms with Gasteiger partial charge in [-0.25, -0.2) is 0 Å². The monoisotopic (exact) mass is 353 g/mol. The van der Waals surface area contributed by atoms with E-state index in [2.05, 4.69) is 17.6 Å². The molecule has 1 aromatic rings. The molecule has 1 unspecified atom stereocenters. The Morgan fingerprint density at radius 3 is 2.88 bits per heavy atom. The number of benzene rings is 1. The van der Waals surface area contributed by atoms with Gasteiger partial charge in [-0.2, -0.15) is 0 Å². The van der Waals surface area contributed by atoms with E-state index in [0.29, 0.717) is 30.6 Å². The summed E-state index contributed by atoms with van der Waals surface area (Å²) in [6.45, 7) is 4.32. The molecular weight excluding hydrogens is 330 g/mol. The van der Waals surface area contributed by atoms with Gasteiger partial charge in [0.05, 0.1) is 0 Å². The summed E-state index contributed by atoms with van der Waals surface area (Å²) in [5.41, 5.74) is 0.711. The highest BCUT2D eigenvalue weighted by atomic mass is 35.5. The lowest BCUT2D eigenvalue weighted by molar-refractivity contribution is -0.134. The molecule has 132 valence electrons. The van der Waals surface area contributed by atoms with Gasteiger partial charge in [0.2, 0.25) is 5.91 Å². The quantitative estimate of drug-likeness (QED) is 0.844. The fourth-order valence-electron chi connectivity index (χ4n) is 2.65. The maximum Gasteiger partial charge on any atom is 0.260 e. The molecule has 1 saturated heterocycles. The second-order valence-electron chi connectivity index (χ2n) is 6.27. The van der Waals surface area contributed by atoms with Crippen LogP contribution < -0.4 is 15.4 Å². The van der Waals surface area contributed by atoms with Gasteiger partial charge in [0, 0.05) is 43.3 Å². The second kappa shape index (κ2) is 8.35. The smallest absolute Gasteiger partial charge is 0.260 e. The fraction of sp³-hybridized carbons (Fsp3) is 0.529. The third-order valence-corrected chi connectivity index (χ3v) is 4.13. The molecule has 2 N–H and O–H groups in total. The summed E-state index contributed by atoms with van der Waals surface area (Å²) >= 11 is 0. The van der Waals surface area contributed by atoms with Crippen LogP contribution in [0.2, 0.25) is 0 Å². The summed E-state index contributed by atoms with van der Waals surface area (Å²) in [6.07, 6.45) is 1.94. The lowest BCUT2D eigenvalue weighted by Crippen LogP contribution is -2.52. The molecule has 1 atom stereocenters. The molecule has 24 heavy (non-hydrogen) atoms. The topological polar surface area (TPSA) is 70.7 Å². The van der Waals surface area contributed by atoms with Crippen LogP contribution in [0.5, 0.6) is 5.75 Å². The third-order valence-electron chi connectivity index (χ3n) is 4.13. The number of hydrogen-bond donors (Lipinski definition) is 2. The average molecular weight is 354 g/mol. The fourth-order valence-corrected chi connectivity index (χ4v) is 2.65. The van der Waals surface area contributed by atoms with E-state index in [0.717, 1.165) is 19.4 Å². The van der Waals surface area contributed by atoms with Crippen LogP contribution in [0.15, 0.2) is 24.3 Å². The molecule has 0 aromatic heterocycles. The number of nitrogens with zero attached hydrogens (tertiary/aromatic N) is 1. The van der Waals surface area contributed by atoms with Crippen molar-refractivity contribution in [1.82, 2.24) is 10.2 Å². The van der Waals surface area contributed by atoms with Gasteiger partial charge in [-0.15, -0.1) is 12.4 Å². The lowest BCUT2D eigenvalue weighted by Gasteiger charge is -2.31. The molecule has 0 spiro atoms. The summed E-state index contributed by atoms with van der Waals surface area (Å²) in [5, 5.41) is 6.18. The molecule has 6 nitrogen and oxygen atoms in total. The van der Waals surface area contributed by atoms with Crippen LogP contribution in [0.3, 0.4) is 0 Å². The molecular formula is C17H24ClN3O3. The number of piperazine rings is 1. The van der Waals surface area contributed by atoms with Crippen LogP contribution in [0, 0.1) is 5.92 Å². The summed E-state index contributed by atoms with van der Waals surface area (Å²) in [7, 11) is 0. The molecule has 1 aliphatic carbocycles. The van der Waals surface area contributed by atoms with Crippen LogP contribution in [0.1, 0.15) is 19.8 Å². The molecule has 0 radical (unpaired) electrons. The molecule has 1 saturated carbocycles. The molecule has 2 aliphatic rings. The van der Waals surface area contributed by atoms with Gasteiger partial charge in [0.1, 0.15) is 5.75 Å². The molecule has 1 heterocycles. The van der Waals surface area contributed by atoms with Crippen molar-refractivity contribution in [3.8, 4) is 5.75 Å². The van der Waals surface area contributed by atoms with Crippen molar-refractivity contribution in [2.24, 2.45) is 5.92 Å². The zero-order valence-electron chi connectivity index (χ0n) is 13.8. The lowest BCUT2D eigenvalue weighted by atomic mass is 10.2. The minimum absolute atomic E-state index is 0. The first kappa shape index (κ1) is 18.5. The summed E-state index contributed by atoms with van der Waals surface area (Å²) in [6, 6.07) is 7.50. The Hall–Kier alpha value is -1.79. The van der Waals surface area contributed by atoms with Crippen molar-refractivity contribution in [2.45, 2.75) is 25.8 Å². The van der Waals surface area contributed by atoms with E-state index in [-0.39, 0.29) is 36.7 Å². The van der Waals surface area contributed by atoms with E-state index < -0.39 is 0 Å². The van der Waals surface area contributed by atoms with Gasteiger partial charge in [-0.05, 0) is 31.9 Å². The summed E-state index contributed by atoms with van der Waals surface area (Å²) in [4.78, 5) is 25.8. The number of ether oxygens (including phenoxy) is 1. The Morgan fingerprint density at radius 2 is 2.17 bits per heavy atom. The highest BCUT2D eigenvalue weighted by Crippen LogP contribution is 2.30. The number of hydrogen-bond acceptors (Lipinski definition) is 4. The molecule has 2 amide bonds. The number of rotatable bonds is 5. The van der Waals surface area contributed by atoms with Crippen LogP contribution in [0.4, 0.5) is 5.69 Å². The van der Waals surface area contributed by atoms with E-state index in [4.69, 9.17) is 4.74 Å². The number of halogens is 1. The van der Waals surface area contributed by atoms with E-state index in [9.17, 15) is 9.59 Å². The maximum atomic E-state index is 12.2. The van der Waals surface area contributed by atoms with Gasteiger partial charge < -0.3 is 20.3 Å². The van der Waals surface area contributed by atoms with E-state index in [1.54, 1.807) is 12.1 Å². The third kappa shape index (κ3) is 5.11. The average Bonchev–Trinajstić information content (AvgIpc) is 3.38. The van der Waals surface area contributed by atoms with Crippen LogP contribution >= 0.6 is 12.4 Å². The minimum Gasteiger partial charge on any atom is -0.484 e. The predicted octanol–water partition coefficient (Wildman–Crippen LogP) is 1.66. The van der Waals surface area contributed by atoms with Gasteiger partial charge in [-0.3, -0.25) is 9.59 Å². The molecule has 2 fully saturated rings. The number of carbonyl (C=O) groups excluding carboxylic acids is 2.